The van der Waals surface area contributed by atoms with Gasteiger partial charge in [0, 0.05) is 25.2 Å². The van der Waals surface area contributed by atoms with E-state index in [4.69, 9.17) is 0 Å². The number of carbonyl (C=O) groups is 1. The van der Waals surface area contributed by atoms with E-state index in [1.165, 1.54) is 0 Å². The van der Waals surface area contributed by atoms with Gasteiger partial charge in [-0.15, -0.1) is 0 Å². The quantitative estimate of drug-likeness (QED) is 0.350. The zero-order chi connectivity index (χ0) is 17.6. The molecule has 1 aromatic rings. The average Bonchev–Trinajstić information content (AvgIpc) is 2.60. The number of nitrogens with one attached hydrogen (secondary N) is 3. The van der Waals surface area contributed by atoms with Crippen molar-refractivity contribution in [3.63, 3.8) is 0 Å². The fraction of sp³-hybridized carbons (Fsp3) is 0.579. The fourth-order valence-corrected chi connectivity index (χ4v) is 2.14. The predicted octanol–water partition coefficient (Wildman–Crippen LogP) is 3.07. The third-order valence-corrected chi connectivity index (χ3v) is 3.62. The van der Waals surface area contributed by atoms with Gasteiger partial charge >= 0.3 is 0 Å². The Morgan fingerprint density at radius 3 is 2.12 bits per heavy atom. The molecule has 0 aliphatic rings. The maximum absolute atomic E-state index is 12.0. The zero-order valence-corrected chi connectivity index (χ0v) is 15.3. The van der Waals surface area contributed by atoms with E-state index in [2.05, 4.69) is 41.7 Å². The molecule has 1 rings (SSSR count). The molecule has 3 N–H and O–H groups in total. The lowest BCUT2D eigenvalue weighted by molar-refractivity contribution is 0.0953. The van der Waals surface area contributed by atoms with Crippen molar-refractivity contribution < 1.29 is 4.79 Å². The highest BCUT2D eigenvalue weighted by Crippen LogP contribution is 2.06. The van der Waals surface area contributed by atoms with Gasteiger partial charge in [-0.1, -0.05) is 38.8 Å². The molecule has 0 spiro atoms. The number of rotatable bonds is 10. The molecule has 0 radical (unpaired) electrons. The molecular formula is C19H32N4O. The minimum atomic E-state index is -0.00641. The summed E-state index contributed by atoms with van der Waals surface area (Å²) in [6, 6.07) is 7.66. The molecule has 0 heterocycles. The maximum Gasteiger partial charge on any atom is 0.251 e. The van der Waals surface area contributed by atoms with Gasteiger partial charge in [-0.2, -0.15) is 0 Å². The van der Waals surface area contributed by atoms with Crippen LogP contribution < -0.4 is 16.0 Å². The molecule has 5 heteroatoms. The molecule has 0 saturated heterocycles. The highest BCUT2D eigenvalue weighted by atomic mass is 16.1. The van der Waals surface area contributed by atoms with Crippen LogP contribution in [0, 0.1) is 0 Å². The van der Waals surface area contributed by atoms with Gasteiger partial charge in [0.25, 0.3) is 5.91 Å². The van der Waals surface area contributed by atoms with Crippen molar-refractivity contribution in [2.24, 2.45) is 4.99 Å². The molecule has 0 aliphatic heterocycles. The Morgan fingerprint density at radius 2 is 1.54 bits per heavy atom. The van der Waals surface area contributed by atoms with Crippen LogP contribution in [-0.2, 0) is 6.54 Å². The van der Waals surface area contributed by atoms with Crippen LogP contribution in [0.15, 0.2) is 29.3 Å². The summed E-state index contributed by atoms with van der Waals surface area (Å²) >= 11 is 0. The first kappa shape index (κ1) is 20.0. The van der Waals surface area contributed by atoms with Crippen molar-refractivity contribution in [2.45, 2.75) is 53.0 Å². The molecule has 5 nitrogen and oxygen atoms in total. The highest BCUT2D eigenvalue weighted by molar-refractivity contribution is 5.94. The van der Waals surface area contributed by atoms with Crippen LogP contribution in [0.4, 0.5) is 0 Å². The zero-order valence-electron chi connectivity index (χ0n) is 15.3. The summed E-state index contributed by atoms with van der Waals surface area (Å²) in [4.78, 5) is 16.6. The Morgan fingerprint density at radius 1 is 0.917 bits per heavy atom. The van der Waals surface area contributed by atoms with E-state index in [9.17, 15) is 4.79 Å². The summed E-state index contributed by atoms with van der Waals surface area (Å²) in [5.74, 6) is 0.834. The summed E-state index contributed by atoms with van der Waals surface area (Å²) in [5.41, 5.74) is 1.79. The van der Waals surface area contributed by atoms with Crippen LogP contribution in [0.2, 0.25) is 0 Å². The number of benzene rings is 1. The molecule has 0 aromatic heterocycles. The van der Waals surface area contributed by atoms with E-state index in [0.29, 0.717) is 12.1 Å². The largest absolute Gasteiger partial charge is 0.357 e. The van der Waals surface area contributed by atoms with E-state index < -0.39 is 0 Å². The van der Waals surface area contributed by atoms with E-state index >= 15 is 0 Å². The normalized spacial score (nSPS) is 11.2. The van der Waals surface area contributed by atoms with Crippen molar-refractivity contribution in [1.82, 2.24) is 16.0 Å². The molecule has 134 valence electrons. The van der Waals surface area contributed by atoms with Crippen LogP contribution in [0.5, 0.6) is 0 Å². The molecule has 0 unspecified atom stereocenters. The number of hydrogen-bond donors (Lipinski definition) is 3. The molecule has 1 amide bonds. The van der Waals surface area contributed by atoms with Crippen LogP contribution in [0.1, 0.15) is 62.4 Å². The summed E-state index contributed by atoms with van der Waals surface area (Å²) in [6.45, 7) is 9.44. The van der Waals surface area contributed by atoms with Gasteiger partial charge in [-0.05, 0) is 37.5 Å². The fourth-order valence-electron chi connectivity index (χ4n) is 2.14. The SMILES string of the molecule is CCCCNC(=O)c1ccc(CN=C(NCC)NCCCC)cc1. The molecular weight excluding hydrogens is 300 g/mol. The van der Waals surface area contributed by atoms with E-state index in [-0.39, 0.29) is 5.91 Å². The van der Waals surface area contributed by atoms with Crippen LogP contribution in [0.3, 0.4) is 0 Å². The third kappa shape index (κ3) is 7.99. The number of guanidine groups is 1. The lowest BCUT2D eigenvalue weighted by Gasteiger charge is -2.11. The average molecular weight is 332 g/mol. The molecule has 0 bridgehead atoms. The van der Waals surface area contributed by atoms with Crippen molar-refractivity contribution >= 4 is 11.9 Å². The lowest BCUT2D eigenvalue weighted by Crippen LogP contribution is -2.37. The smallest absolute Gasteiger partial charge is 0.251 e. The first-order chi connectivity index (χ1) is 11.7. The van der Waals surface area contributed by atoms with E-state index in [1.807, 2.05) is 24.3 Å². The number of nitrogens with zero attached hydrogens (tertiary/aromatic N) is 1. The predicted molar refractivity (Wildman–Crippen MR) is 101 cm³/mol. The second kappa shape index (κ2) is 12.4. The Balaban J connectivity index is 2.54. The molecule has 0 saturated carbocycles. The standard InChI is InChI=1S/C19H32N4O/c1-4-7-13-21-18(24)17-11-9-16(10-12-17)15-23-19(20-6-3)22-14-8-5-2/h9-12H,4-8,13-15H2,1-3H3,(H,21,24)(H2,20,22,23). The topological polar surface area (TPSA) is 65.5 Å². The van der Waals surface area contributed by atoms with Gasteiger partial charge in [0.05, 0.1) is 6.54 Å². The lowest BCUT2D eigenvalue weighted by atomic mass is 10.1. The molecule has 0 aliphatic carbocycles. The monoisotopic (exact) mass is 332 g/mol. The first-order valence-electron chi connectivity index (χ1n) is 9.10. The van der Waals surface area contributed by atoms with Crippen molar-refractivity contribution in [3.05, 3.63) is 35.4 Å². The van der Waals surface area contributed by atoms with Crippen LogP contribution in [0.25, 0.3) is 0 Å². The Bertz CT molecular complexity index is 497. The van der Waals surface area contributed by atoms with Crippen molar-refractivity contribution in [1.29, 1.82) is 0 Å². The third-order valence-electron chi connectivity index (χ3n) is 3.62. The highest BCUT2D eigenvalue weighted by Gasteiger charge is 2.04. The van der Waals surface area contributed by atoms with Crippen LogP contribution >= 0.6 is 0 Å². The summed E-state index contributed by atoms with van der Waals surface area (Å²) in [5, 5.41) is 9.50. The van der Waals surface area contributed by atoms with E-state index in [1.54, 1.807) is 0 Å². The van der Waals surface area contributed by atoms with Gasteiger partial charge in [-0.25, -0.2) is 4.99 Å². The van der Waals surface area contributed by atoms with Crippen molar-refractivity contribution in [2.75, 3.05) is 19.6 Å². The Hall–Kier alpha value is -2.04. The Kier molecular flexibility index (Phi) is 10.3. The summed E-state index contributed by atoms with van der Waals surface area (Å²) in [6.07, 6.45) is 4.38. The molecule has 1 aromatic carbocycles. The molecule has 24 heavy (non-hydrogen) atoms. The molecule has 0 atom stereocenters. The minimum absolute atomic E-state index is 0.00641. The summed E-state index contributed by atoms with van der Waals surface area (Å²) < 4.78 is 0. The number of unbranched alkanes of at least 4 members (excludes halogenated alkanes) is 2. The van der Waals surface area contributed by atoms with Gasteiger partial charge in [0.15, 0.2) is 5.96 Å². The first-order valence-corrected chi connectivity index (χ1v) is 9.10. The second-order valence-electron chi connectivity index (χ2n) is 5.78. The number of hydrogen-bond acceptors (Lipinski definition) is 2. The number of amides is 1. The minimum Gasteiger partial charge on any atom is -0.357 e. The van der Waals surface area contributed by atoms with Gasteiger partial charge in [-0.3, -0.25) is 4.79 Å². The second-order valence-corrected chi connectivity index (χ2v) is 5.78. The Labute approximate surface area is 146 Å². The maximum atomic E-state index is 12.0. The molecule has 0 fully saturated rings. The van der Waals surface area contributed by atoms with Gasteiger partial charge < -0.3 is 16.0 Å². The number of aliphatic imine (C=N–C) groups is 1. The van der Waals surface area contributed by atoms with E-state index in [0.717, 1.165) is 56.8 Å². The van der Waals surface area contributed by atoms with Crippen LogP contribution in [-0.4, -0.2) is 31.5 Å². The van der Waals surface area contributed by atoms with Crippen molar-refractivity contribution in [3.8, 4) is 0 Å². The van der Waals surface area contributed by atoms with Gasteiger partial charge in [0.1, 0.15) is 0 Å². The van der Waals surface area contributed by atoms with Gasteiger partial charge in [0.2, 0.25) is 0 Å². The number of carbonyl (C=O) groups excluding carboxylic acids is 1. The summed E-state index contributed by atoms with van der Waals surface area (Å²) in [7, 11) is 0.